The van der Waals surface area contributed by atoms with E-state index in [1.807, 2.05) is 25.3 Å². The zero-order valence-electron chi connectivity index (χ0n) is 12.0. The minimum Gasteiger partial charge on any atom is -0.358 e. The number of aryl methyl sites for hydroxylation is 1. The Balaban J connectivity index is 1.65. The first-order valence-electron chi connectivity index (χ1n) is 7.10. The van der Waals surface area contributed by atoms with E-state index in [1.54, 1.807) is 18.3 Å². The zero-order valence-corrected chi connectivity index (χ0v) is 12.0. The van der Waals surface area contributed by atoms with Gasteiger partial charge in [-0.15, -0.1) is 0 Å². The molecule has 1 aromatic carbocycles. The highest BCUT2D eigenvalue weighted by molar-refractivity contribution is 5.84. The standard InChI is InChI=1S/C17H18FN3/c1-12-15(16-9-14(18)4-5-17(16)21-12)6-8-20-11-13-3-2-7-19-10-13/h2-5,7,9-10,20-21H,6,8,11H2,1H3. The van der Waals surface area contributed by atoms with E-state index in [0.29, 0.717) is 0 Å². The first-order valence-corrected chi connectivity index (χ1v) is 7.10. The maximum absolute atomic E-state index is 13.4. The van der Waals surface area contributed by atoms with Crippen LogP contribution in [0.5, 0.6) is 0 Å². The van der Waals surface area contributed by atoms with Crippen molar-refractivity contribution in [3.63, 3.8) is 0 Å². The summed E-state index contributed by atoms with van der Waals surface area (Å²) in [7, 11) is 0. The Morgan fingerprint density at radius 1 is 1.29 bits per heavy atom. The normalized spacial score (nSPS) is 11.1. The van der Waals surface area contributed by atoms with Crippen molar-refractivity contribution in [3.05, 3.63) is 65.4 Å². The van der Waals surface area contributed by atoms with Gasteiger partial charge in [0, 0.05) is 35.5 Å². The summed E-state index contributed by atoms with van der Waals surface area (Å²) >= 11 is 0. The Morgan fingerprint density at radius 2 is 2.19 bits per heavy atom. The number of halogens is 1. The van der Waals surface area contributed by atoms with E-state index in [4.69, 9.17) is 0 Å². The molecule has 0 unspecified atom stereocenters. The fourth-order valence-corrected chi connectivity index (χ4v) is 2.63. The fraction of sp³-hybridized carbons (Fsp3) is 0.235. The first kappa shape index (κ1) is 13.8. The second-order valence-electron chi connectivity index (χ2n) is 5.21. The quantitative estimate of drug-likeness (QED) is 0.705. The van der Waals surface area contributed by atoms with E-state index >= 15 is 0 Å². The summed E-state index contributed by atoms with van der Waals surface area (Å²) in [5, 5.41) is 4.38. The van der Waals surface area contributed by atoms with Crippen molar-refractivity contribution in [1.29, 1.82) is 0 Å². The average Bonchev–Trinajstić information content (AvgIpc) is 2.80. The highest BCUT2D eigenvalue weighted by Gasteiger charge is 2.08. The molecule has 0 atom stereocenters. The molecule has 3 rings (SSSR count). The van der Waals surface area contributed by atoms with Crippen molar-refractivity contribution in [2.75, 3.05) is 6.54 Å². The SMILES string of the molecule is Cc1[nH]c2ccc(F)cc2c1CCNCc1cccnc1. The van der Waals surface area contributed by atoms with E-state index in [1.165, 1.54) is 17.2 Å². The van der Waals surface area contributed by atoms with Crippen molar-refractivity contribution >= 4 is 10.9 Å². The topological polar surface area (TPSA) is 40.7 Å². The first-order chi connectivity index (χ1) is 10.2. The molecule has 0 aliphatic heterocycles. The van der Waals surface area contributed by atoms with Crippen LogP contribution in [0.1, 0.15) is 16.8 Å². The van der Waals surface area contributed by atoms with Crippen LogP contribution in [0.2, 0.25) is 0 Å². The van der Waals surface area contributed by atoms with E-state index in [9.17, 15) is 4.39 Å². The minimum atomic E-state index is -0.189. The molecule has 2 heterocycles. The number of aromatic amines is 1. The Morgan fingerprint density at radius 3 is 3.00 bits per heavy atom. The van der Waals surface area contributed by atoms with Gasteiger partial charge in [0.15, 0.2) is 0 Å². The second-order valence-corrected chi connectivity index (χ2v) is 5.21. The highest BCUT2D eigenvalue weighted by Crippen LogP contribution is 2.23. The molecule has 3 aromatic rings. The van der Waals surface area contributed by atoms with Gasteiger partial charge in [-0.3, -0.25) is 4.98 Å². The lowest BCUT2D eigenvalue weighted by atomic mass is 10.1. The van der Waals surface area contributed by atoms with E-state index in [2.05, 4.69) is 15.3 Å². The van der Waals surface area contributed by atoms with Gasteiger partial charge in [0.25, 0.3) is 0 Å². The maximum Gasteiger partial charge on any atom is 0.123 e. The Labute approximate surface area is 123 Å². The van der Waals surface area contributed by atoms with E-state index < -0.39 is 0 Å². The predicted molar refractivity (Wildman–Crippen MR) is 82.6 cm³/mol. The molecule has 0 amide bonds. The van der Waals surface area contributed by atoms with Crippen molar-refractivity contribution in [1.82, 2.24) is 15.3 Å². The van der Waals surface area contributed by atoms with Gasteiger partial charge in [0.1, 0.15) is 5.82 Å². The molecule has 108 valence electrons. The number of rotatable bonds is 5. The van der Waals surface area contributed by atoms with Gasteiger partial charge in [-0.2, -0.15) is 0 Å². The minimum absolute atomic E-state index is 0.189. The molecule has 0 spiro atoms. The van der Waals surface area contributed by atoms with Gasteiger partial charge >= 0.3 is 0 Å². The molecule has 3 nitrogen and oxygen atoms in total. The van der Waals surface area contributed by atoms with Gasteiger partial charge in [0.05, 0.1) is 0 Å². The summed E-state index contributed by atoms with van der Waals surface area (Å²) in [6.45, 7) is 3.68. The van der Waals surface area contributed by atoms with Crippen molar-refractivity contribution in [3.8, 4) is 0 Å². The van der Waals surface area contributed by atoms with Crippen LogP contribution >= 0.6 is 0 Å². The summed E-state index contributed by atoms with van der Waals surface area (Å²) in [6.07, 6.45) is 4.50. The van der Waals surface area contributed by atoms with Gasteiger partial charge in [-0.1, -0.05) is 6.07 Å². The van der Waals surface area contributed by atoms with Crippen LogP contribution in [0.25, 0.3) is 10.9 Å². The lowest BCUT2D eigenvalue weighted by molar-refractivity contribution is 0.629. The number of benzene rings is 1. The van der Waals surface area contributed by atoms with Crippen LogP contribution in [0.3, 0.4) is 0 Å². The smallest absolute Gasteiger partial charge is 0.123 e. The lowest BCUT2D eigenvalue weighted by Crippen LogP contribution is -2.16. The van der Waals surface area contributed by atoms with E-state index in [0.717, 1.165) is 36.1 Å². The summed E-state index contributed by atoms with van der Waals surface area (Å²) < 4.78 is 13.4. The van der Waals surface area contributed by atoms with Crippen molar-refractivity contribution in [2.24, 2.45) is 0 Å². The van der Waals surface area contributed by atoms with Gasteiger partial charge in [0.2, 0.25) is 0 Å². The van der Waals surface area contributed by atoms with Crippen LogP contribution in [0.15, 0.2) is 42.7 Å². The van der Waals surface area contributed by atoms with Gasteiger partial charge in [-0.25, -0.2) is 4.39 Å². The molecule has 0 bridgehead atoms. The van der Waals surface area contributed by atoms with Crippen LogP contribution in [-0.2, 0) is 13.0 Å². The molecule has 0 saturated heterocycles. The highest BCUT2D eigenvalue weighted by atomic mass is 19.1. The van der Waals surface area contributed by atoms with Crippen LogP contribution < -0.4 is 5.32 Å². The number of H-pyrrole nitrogens is 1. The predicted octanol–water partition coefficient (Wildman–Crippen LogP) is 3.34. The van der Waals surface area contributed by atoms with Gasteiger partial charge < -0.3 is 10.3 Å². The Kier molecular flexibility index (Phi) is 3.97. The van der Waals surface area contributed by atoms with Crippen LogP contribution in [0.4, 0.5) is 4.39 Å². The molecule has 21 heavy (non-hydrogen) atoms. The largest absolute Gasteiger partial charge is 0.358 e. The van der Waals surface area contributed by atoms with Gasteiger partial charge in [-0.05, 0) is 55.3 Å². The third-order valence-corrected chi connectivity index (χ3v) is 3.69. The molecule has 2 N–H and O–H groups in total. The van der Waals surface area contributed by atoms with Crippen molar-refractivity contribution in [2.45, 2.75) is 19.9 Å². The number of aromatic nitrogens is 2. The number of pyridine rings is 1. The van der Waals surface area contributed by atoms with Crippen LogP contribution in [0, 0.1) is 12.7 Å². The number of nitrogens with zero attached hydrogens (tertiary/aromatic N) is 1. The average molecular weight is 283 g/mol. The molecule has 0 fully saturated rings. The summed E-state index contributed by atoms with van der Waals surface area (Å²) in [5.41, 5.74) is 4.46. The van der Waals surface area contributed by atoms with Crippen LogP contribution in [-0.4, -0.2) is 16.5 Å². The summed E-state index contributed by atoms with van der Waals surface area (Å²) in [4.78, 5) is 7.40. The maximum atomic E-state index is 13.4. The number of hydrogen-bond acceptors (Lipinski definition) is 2. The molecule has 2 aromatic heterocycles. The fourth-order valence-electron chi connectivity index (χ4n) is 2.63. The third-order valence-electron chi connectivity index (χ3n) is 3.69. The molecule has 0 aliphatic rings. The third kappa shape index (κ3) is 3.11. The lowest BCUT2D eigenvalue weighted by Gasteiger charge is -2.05. The summed E-state index contributed by atoms with van der Waals surface area (Å²) in [5.74, 6) is -0.189. The zero-order chi connectivity index (χ0) is 14.7. The molecule has 4 heteroatoms. The van der Waals surface area contributed by atoms with Crippen molar-refractivity contribution < 1.29 is 4.39 Å². The molecular formula is C17H18FN3. The monoisotopic (exact) mass is 283 g/mol. The number of hydrogen-bond donors (Lipinski definition) is 2. The molecule has 0 radical (unpaired) electrons. The summed E-state index contributed by atoms with van der Waals surface area (Å²) in [6, 6.07) is 8.87. The molecular weight excluding hydrogens is 265 g/mol. The molecule has 0 aliphatic carbocycles. The molecule has 0 saturated carbocycles. The Hall–Kier alpha value is -2.20. The number of nitrogens with one attached hydrogen (secondary N) is 2. The second kappa shape index (κ2) is 6.06. The van der Waals surface area contributed by atoms with E-state index in [-0.39, 0.29) is 5.82 Å². The Bertz CT molecular complexity index is 734. The number of fused-ring (bicyclic) bond motifs is 1.